The first kappa shape index (κ1) is 22.4. The van der Waals surface area contributed by atoms with Crippen LogP contribution in [0.25, 0.3) is 21.3 Å². The topological polar surface area (TPSA) is 94.3 Å². The number of nitrogens with two attached hydrogens (primary N) is 1. The number of esters is 1. The van der Waals surface area contributed by atoms with Crippen molar-refractivity contribution >= 4 is 71.4 Å². The monoisotopic (exact) mass is 529 g/mol. The van der Waals surface area contributed by atoms with E-state index in [-0.39, 0.29) is 12.5 Å². The predicted octanol–water partition coefficient (Wildman–Crippen LogP) is 6.42. The van der Waals surface area contributed by atoms with Gasteiger partial charge in [-0.15, -0.1) is 22.7 Å². The molecule has 0 aliphatic rings. The van der Waals surface area contributed by atoms with Crippen molar-refractivity contribution in [1.29, 1.82) is 0 Å². The van der Waals surface area contributed by atoms with Gasteiger partial charge < -0.3 is 15.8 Å². The van der Waals surface area contributed by atoms with Gasteiger partial charge in [0.25, 0.3) is 5.91 Å². The smallest absolute Gasteiger partial charge is 0.341 e. The SMILES string of the molecule is CCOC(=O)c1c(-c2ccc(Br)cc2)csc1NC(=O)c1sc2nc(C)cc(C)c2c1N. The lowest BCUT2D eigenvalue weighted by Gasteiger charge is -2.09. The summed E-state index contributed by atoms with van der Waals surface area (Å²) in [5, 5.41) is 5.93. The normalized spacial score (nSPS) is 11.0. The number of nitrogens with one attached hydrogen (secondary N) is 1. The first-order chi connectivity index (χ1) is 15.3. The van der Waals surface area contributed by atoms with E-state index in [2.05, 4.69) is 26.2 Å². The average molecular weight is 530 g/mol. The fourth-order valence-electron chi connectivity index (χ4n) is 3.50. The van der Waals surface area contributed by atoms with Gasteiger partial charge in [0.2, 0.25) is 0 Å². The molecule has 32 heavy (non-hydrogen) atoms. The largest absolute Gasteiger partial charge is 0.462 e. The van der Waals surface area contributed by atoms with Crippen LogP contribution in [0.5, 0.6) is 0 Å². The maximum atomic E-state index is 13.2. The van der Waals surface area contributed by atoms with Crippen molar-refractivity contribution in [3.63, 3.8) is 0 Å². The third kappa shape index (κ3) is 4.15. The Morgan fingerprint density at radius 1 is 1.22 bits per heavy atom. The summed E-state index contributed by atoms with van der Waals surface area (Å²) < 4.78 is 6.21. The number of anilines is 2. The molecule has 164 valence electrons. The van der Waals surface area contributed by atoms with E-state index in [0.29, 0.717) is 26.7 Å². The zero-order chi connectivity index (χ0) is 23.0. The van der Waals surface area contributed by atoms with Gasteiger partial charge in [-0.05, 0) is 50.1 Å². The molecule has 3 aromatic heterocycles. The Bertz CT molecular complexity index is 1340. The summed E-state index contributed by atoms with van der Waals surface area (Å²) in [5.74, 6) is -0.864. The highest BCUT2D eigenvalue weighted by Gasteiger charge is 2.25. The van der Waals surface area contributed by atoms with E-state index in [4.69, 9.17) is 10.5 Å². The molecular formula is C23H20BrN3O3S2. The lowest BCUT2D eigenvalue weighted by Crippen LogP contribution is -2.15. The van der Waals surface area contributed by atoms with Crippen LogP contribution in [-0.2, 0) is 4.74 Å². The Kier molecular flexibility index (Phi) is 6.32. The lowest BCUT2D eigenvalue weighted by atomic mass is 10.0. The van der Waals surface area contributed by atoms with Crippen LogP contribution >= 0.6 is 38.6 Å². The molecule has 0 saturated heterocycles. The molecule has 0 radical (unpaired) electrons. The van der Waals surface area contributed by atoms with Crippen molar-refractivity contribution in [2.24, 2.45) is 0 Å². The highest BCUT2D eigenvalue weighted by Crippen LogP contribution is 2.39. The van der Waals surface area contributed by atoms with Gasteiger partial charge in [0, 0.05) is 26.5 Å². The molecule has 3 N–H and O–H groups in total. The minimum absolute atomic E-state index is 0.232. The number of nitrogen functional groups attached to an aromatic ring is 1. The highest BCUT2D eigenvalue weighted by atomic mass is 79.9. The molecule has 4 rings (SSSR count). The van der Waals surface area contributed by atoms with Gasteiger partial charge in [0.05, 0.1) is 12.3 Å². The number of carbonyl (C=O) groups is 2. The van der Waals surface area contributed by atoms with Crippen LogP contribution in [0.2, 0.25) is 0 Å². The first-order valence-corrected chi connectivity index (χ1v) is 12.3. The van der Waals surface area contributed by atoms with Crippen molar-refractivity contribution in [3.8, 4) is 11.1 Å². The fraction of sp³-hybridized carbons (Fsp3) is 0.174. The highest BCUT2D eigenvalue weighted by molar-refractivity contribution is 9.10. The Balaban J connectivity index is 1.74. The lowest BCUT2D eigenvalue weighted by molar-refractivity contribution is 0.0529. The molecule has 0 saturated carbocycles. The van der Waals surface area contributed by atoms with E-state index in [9.17, 15) is 9.59 Å². The zero-order valence-corrected chi connectivity index (χ0v) is 20.8. The Labute approximate surface area is 201 Å². The molecule has 0 fully saturated rings. The number of aromatic nitrogens is 1. The number of hydrogen-bond donors (Lipinski definition) is 2. The van der Waals surface area contributed by atoms with Gasteiger partial charge in [-0.3, -0.25) is 4.79 Å². The third-order valence-electron chi connectivity index (χ3n) is 4.88. The maximum absolute atomic E-state index is 13.2. The molecule has 0 aliphatic carbocycles. The quantitative estimate of drug-likeness (QED) is 0.291. The summed E-state index contributed by atoms with van der Waals surface area (Å²) in [4.78, 5) is 31.6. The number of thiophene rings is 2. The number of fused-ring (bicyclic) bond motifs is 1. The number of benzene rings is 1. The molecule has 6 nitrogen and oxygen atoms in total. The second-order valence-corrected chi connectivity index (χ2v) is 9.93. The molecule has 4 aromatic rings. The molecule has 0 spiro atoms. The van der Waals surface area contributed by atoms with Gasteiger partial charge in [-0.25, -0.2) is 9.78 Å². The summed E-state index contributed by atoms with van der Waals surface area (Å²) in [6.45, 7) is 5.83. The van der Waals surface area contributed by atoms with E-state index in [1.54, 1.807) is 6.92 Å². The van der Waals surface area contributed by atoms with Gasteiger partial charge in [-0.1, -0.05) is 28.1 Å². The molecule has 0 bridgehead atoms. The number of amides is 1. The Hall–Kier alpha value is -2.75. The van der Waals surface area contributed by atoms with Gasteiger partial charge >= 0.3 is 5.97 Å². The van der Waals surface area contributed by atoms with E-state index in [1.807, 2.05) is 49.6 Å². The first-order valence-electron chi connectivity index (χ1n) is 9.82. The predicted molar refractivity (Wildman–Crippen MR) is 135 cm³/mol. The molecular weight excluding hydrogens is 510 g/mol. The van der Waals surface area contributed by atoms with Gasteiger partial charge in [0.15, 0.2) is 0 Å². The number of hydrogen-bond acceptors (Lipinski definition) is 7. The average Bonchev–Trinajstić information content (AvgIpc) is 3.30. The van der Waals surface area contributed by atoms with Crippen LogP contribution in [0.1, 0.15) is 38.2 Å². The van der Waals surface area contributed by atoms with Crippen molar-refractivity contribution in [1.82, 2.24) is 4.98 Å². The van der Waals surface area contributed by atoms with Crippen molar-refractivity contribution in [3.05, 3.63) is 61.9 Å². The van der Waals surface area contributed by atoms with Crippen LogP contribution < -0.4 is 11.1 Å². The van der Waals surface area contributed by atoms with Crippen LogP contribution in [0.15, 0.2) is 40.2 Å². The number of halogens is 1. The molecule has 1 amide bonds. The molecule has 0 aliphatic heterocycles. The van der Waals surface area contributed by atoms with Crippen LogP contribution in [-0.4, -0.2) is 23.5 Å². The number of pyridine rings is 1. The number of rotatable bonds is 5. The number of aryl methyl sites for hydroxylation is 2. The van der Waals surface area contributed by atoms with E-state index in [1.165, 1.54) is 22.7 Å². The van der Waals surface area contributed by atoms with Crippen molar-refractivity contribution in [2.75, 3.05) is 17.7 Å². The number of carbonyl (C=O) groups excluding carboxylic acids is 2. The van der Waals surface area contributed by atoms with Crippen LogP contribution in [0.4, 0.5) is 10.7 Å². The molecule has 1 aromatic carbocycles. The maximum Gasteiger partial charge on any atom is 0.341 e. The second-order valence-electron chi connectivity index (χ2n) is 7.14. The zero-order valence-electron chi connectivity index (χ0n) is 17.6. The van der Waals surface area contributed by atoms with Crippen LogP contribution in [0, 0.1) is 13.8 Å². The Morgan fingerprint density at radius 2 is 1.94 bits per heavy atom. The number of nitrogens with zero attached hydrogens (tertiary/aromatic N) is 1. The summed E-state index contributed by atoms with van der Waals surface area (Å²) in [6, 6.07) is 9.54. The minimum Gasteiger partial charge on any atom is -0.462 e. The Morgan fingerprint density at radius 3 is 2.62 bits per heavy atom. The summed E-state index contributed by atoms with van der Waals surface area (Å²) in [5.41, 5.74) is 10.4. The van der Waals surface area contributed by atoms with E-state index in [0.717, 1.165) is 31.5 Å². The molecule has 9 heteroatoms. The minimum atomic E-state index is -0.487. The fourth-order valence-corrected chi connectivity index (χ4v) is 5.82. The van der Waals surface area contributed by atoms with Gasteiger partial charge in [-0.2, -0.15) is 0 Å². The van der Waals surface area contributed by atoms with Crippen molar-refractivity contribution in [2.45, 2.75) is 20.8 Å². The standard InChI is InChI=1S/C23H20BrN3O3S2/c1-4-30-23(29)17-15(13-5-7-14(24)8-6-13)10-31-21(17)27-20(28)19-18(25)16-11(2)9-12(3)26-22(16)32-19/h5-10H,4,25H2,1-3H3,(H,27,28). The van der Waals surface area contributed by atoms with Gasteiger partial charge in [0.1, 0.15) is 20.3 Å². The van der Waals surface area contributed by atoms with Crippen LogP contribution in [0.3, 0.4) is 0 Å². The molecule has 0 unspecified atom stereocenters. The summed E-state index contributed by atoms with van der Waals surface area (Å²) in [6.07, 6.45) is 0. The molecule has 0 atom stereocenters. The molecule has 3 heterocycles. The second kappa shape index (κ2) is 9.01. The van der Waals surface area contributed by atoms with E-state index < -0.39 is 5.97 Å². The third-order valence-corrected chi connectivity index (χ3v) is 7.41. The van der Waals surface area contributed by atoms with Crippen molar-refractivity contribution < 1.29 is 14.3 Å². The summed E-state index contributed by atoms with van der Waals surface area (Å²) in [7, 11) is 0. The van der Waals surface area contributed by atoms with E-state index >= 15 is 0 Å². The summed E-state index contributed by atoms with van der Waals surface area (Å²) >= 11 is 5.94. The number of ether oxygens (including phenoxy) is 1.